The minimum Gasteiger partial charge on any atom is -0.355 e. The number of carbonyl (C=O) groups is 2. The molecule has 0 atom stereocenters. The summed E-state index contributed by atoms with van der Waals surface area (Å²) < 4.78 is 0. The summed E-state index contributed by atoms with van der Waals surface area (Å²) in [5, 5.41) is 12.0. The van der Waals surface area contributed by atoms with Crippen molar-refractivity contribution in [3.8, 4) is 0 Å². The number of rotatable bonds is 0. The number of fused-ring (bicyclic) bond motifs is 2. The lowest BCUT2D eigenvalue weighted by molar-refractivity contribution is -0.121. The lowest BCUT2D eigenvalue weighted by atomic mass is 10.1. The smallest absolute Gasteiger partial charge is 0.233 e. The fourth-order valence-electron chi connectivity index (χ4n) is 2.32. The molecular formula is C16H24N4O2. The maximum Gasteiger partial charge on any atom is 0.233 e. The van der Waals surface area contributed by atoms with Crippen LogP contribution in [0.3, 0.4) is 0 Å². The average Bonchev–Trinajstić information content (AvgIpc) is 2.50. The van der Waals surface area contributed by atoms with Gasteiger partial charge in [-0.3, -0.25) is 9.59 Å². The Bertz CT molecular complexity index is 463. The van der Waals surface area contributed by atoms with Gasteiger partial charge in [-0.05, 0) is 24.0 Å². The van der Waals surface area contributed by atoms with Gasteiger partial charge < -0.3 is 21.3 Å². The van der Waals surface area contributed by atoms with E-state index in [2.05, 4.69) is 27.3 Å². The quantitative estimate of drug-likeness (QED) is 0.539. The van der Waals surface area contributed by atoms with E-state index < -0.39 is 0 Å². The molecule has 0 aliphatic carbocycles. The van der Waals surface area contributed by atoms with Gasteiger partial charge in [-0.15, -0.1) is 0 Å². The van der Waals surface area contributed by atoms with E-state index in [1.54, 1.807) is 0 Å². The topological polar surface area (TPSA) is 82.3 Å². The van der Waals surface area contributed by atoms with Crippen molar-refractivity contribution in [2.24, 2.45) is 0 Å². The van der Waals surface area contributed by atoms with Gasteiger partial charge in [-0.25, -0.2) is 0 Å². The molecule has 0 fully saturated rings. The third kappa shape index (κ3) is 6.24. The van der Waals surface area contributed by atoms with Gasteiger partial charge in [0, 0.05) is 26.2 Å². The highest BCUT2D eigenvalue weighted by Gasteiger charge is 2.04. The Morgan fingerprint density at radius 1 is 0.727 bits per heavy atom. The standard InChI is InChI=1S/C16H24N4O2/c21-15-11-17-9-13-4-3-5-14(8-13)10-18-12-16(22)20-7-2-1-6-19-15/h3-5,8,17-18H,1-2,6-7,9-12H2,(H,19,21)(H,20,22). The van der Waals surface area contributed by atoms with Crippen LogP contribution in [0, 0.1) is 0 Å². The van der Waals surface area contributed by atoms with Crippen molar-refractivity contribution in [3.05, 3.63) is 35.4 Å². The van der Waals surface area contributed by atoms with Gasteiger partial charge in [-0.2, -0.15) is 0 Å². The van der Waals surface area contributed by atoms with Crippen LogP contribution in [0.25, 0.3) is 0 Å². The molecule has 120 valence electrons. The number of hydrogen-bond donors (Lipinski definition) is 4. The van der Waals surface area contributed by atoms with E-state index in [4.69, 9.17) is 0 Å². The molecule has 0 saturated heterocycles. The van der Waals surface area contributed by atoms with Crippen molar-refractivity contribution in [1.29, 1.82) is 0 Å². The van der Waals surface area contributed by atoms with Crippen LogP contribution in [0.1, 0.15) is 24.0 Å². The van der Waals surface area contributed by atoms with Gasteiger partial charge in [0.1, 0.15) is 0 Å². The largest absolute Gasteiger partial charge is 0.355 e. The molecule has 1 aliphatic heterocycles. The Labute approximate surface area is 131 Å². The molecule has 1 aromatic carbocycles. The molecule has 6 nitrogen and oxygen atoms in total. The normalized spacial score (nSPS) is 18.9. The zero-order valence-electron chi connectivity index (χ0n) is 12.8. The molecule has 4 N–H and O–H groups in total. The van der Waals surface area contributed by atoms with Crippen molar-refractivity contribution in [2.45, 2.75) is 25.9 Å². The number of hydrogen-bond acceptors (Lipinski definition) is 4. The minimum absolute atomic E-state index is 0.00572. The second kappa shape index (κ2) is 9.17. The van der Waals surface area contributed by atoms with Gasteiger partial charge in [0.15, 0.2) is 0 Å². The summed E-state index contributed by atoms with van der Waals surface area (Å²) in [5.41, 5.74) is 2.25. The predicted octanol–water partition coefficient (Wildman–Crippen LogP) is -0.108. The molecule has 6 heteroatoms. The van der Waals surface area contributed by atoms with Crippen LogP contribution < -0.4 is 21.3 Å². The lowest BCUT2D eigenvalue weighted by Gasteiger charge is -2.08. The molecule has 2 rings (SSSR count). The lowest BCUT2D eigenvalue weighted by Crippen LogP contribution is -2.35. The van der Waals surface area contributed by atoms with E-state index in [1.165, 1.54) is 0 Å². The highest BCUT2D eigenvalue weighted by molar-refractivity contribution is 5.78. The zero-order valence-corrected chi connectivity index (χ0v) is 12.8. The Morgan fingerprint density at radius 3 is 1.73 bits per heavy atom. The summed E-state index contributed by atoms with van der Waals surface area (Å²) in [7, 11) is 0. The minimum atomic E-state index is 0.00572. The van der Waals surface area contributed by atoms with Crippen LogP contribution >= 0.6 is 0 Å². The van der Waals surface area contributed by atoms with Gasteiger partial charge in [-0.1, -0.05) is 24.3 Å². The molecule has 22 heavy (non-hydrogen) atoms. The highest BCUT2D eigenvalue weighted by Crippen LogP contribution is 2.04. The van der Waals surface area contributed by atoms with Gasteiger partial charge in [0.05, 0.1) is 13.1 Å². The first-order valence-electron chi connectivity index (χ1n) is 7.77. The highest BCUT2D eigenvalue weighted by atomic mass is 16.2. The molecule has 0 aromatic heterocycles. The van der Waals surface area contributed by atoms with E-state index in [-0.39, 0.29) is 11.8 Å². The number of nitrogens with one attached hydrogen (secondary N) is 4. The van der Waals surface area contributed by atoms with E-state index in [9.17, 15) is 9.59 Å². The van der Waals surface area contributed by atoms with E-state index in [1.807, 2.05) is 18.2 Å². The van der Waals surface area contributed by atoms with Crippen molar-refractivity contribution in [1.82, 2.24) is 21.3 Å². The first kappa shape index (κ1) is 16.5. The summed E-state index contributed by atoms with van der Waals surface area (Å²) in [6, 6.07) is 8.11. The maximum atomic E-state index is 11.7. The molecule has 0 saturated carbocycles. The SMILES string of the molecule is O=C1CNCc2cccc(c2)CNCC(=O)NCCCCN1. The monoisotopic (exact) mass is 304 g/mol. The van der Waals surface area contributed by atoms with E-state index in [0.29, 0.717) is 39.3 Å². The van der Waals surface area contributed by atoms with Crippen LogP contribution in [0.5, 0.6) is 0 Å². The molecule has 1 heterocycles. The molecule has 0 unspecified atom stereocenters. The van der Waals surface area contributed by atoms with Crippen molar-refractivity contribution >= 4 is 11.8 Å². The molecule has 0 radical (unpaired) electrons. The van der Waals surface area contributed by atoms with Gasteiger partial charge >= 0.3 is 0 Å². The van der Waals surface area contributed by atoms with E-state index in [0.717, 1.165) is 24.0 Å². The summed E-state index contributed by atoms with van der Waals surface area (Å²) in [4.78, 5) is 23.3. The Kier molecular flexibility index (Phi) is 6.86. The fraction of sp³-hybridized carbons (Fsp3) is 0.500. The van der Waals surface area contributed by atoms with Crippen molar-refractivity contribution < 1.29 is 9.59 Å². The van der Waals surface area contributed by atoms with Crippen LogP contribution in [0.2, 0.25) is 0 Å². The van der Waals surface area contributed by atoms with Crippen LogP contribution in [-0.4, -0.2) is 38.0 Å². The van der Waals surface area contributed by atoms with Crippen LogP contribution in [0.15, 0.2) is 24.3 Å². The second-order valence-corrected chi connectivity index (χ2v) is 5.43. The summed E-state index contributed by atoms with van der Waals surface area (Å²) in [5.74, 6) is 0.0114. The second-order valence-electron chi connectivity index (χ2n) is 5.43. The fourth-order valence-corrected chi connectivity index (χ4v) is 2.32. The Hall–Kier alpha value is -1.92. The number of carbonyl (C=O) groups excluding carboxylic acids is 2. The average molecular weight is 304 g/mol. The van der Waals surface area contributed by atoms with Crippen LogP contribution in [0.4, 0.5) is 0 Å². The molecule has 1 aromatic rings. The zero-order chi connectivity index (χ0) is 15.6. The van der Waals surface area contributed by atoms with Gasteiger partial charge in [0.2, 0.25) is 11.8 Å². The summed E-state index contributed by atoms with van der Waals surface area (Å²) in [6.45, 7) is 3.23. The Balaban J connectivity index is 1.92. The number of benzene rings is 1. The van der Waals surface area contributed by atoms with Crippen molar-refractivity contribution in [2.75, 3.05) is 26.2 Å². The molecule has 0 spiro atoms. The predicted molar refractivity (Wildman–Crippen MR) is 85.1 cm³/mol. The first-order valence-corrected chi connectivity index (χ1v) is 7.77. The third-order valence-electron chi connectivity index (χ3n) is 3.47. The molecule has 2 amide bonds. The molecule has 1 aliphatic rings. The third-order valence-corrected chi connectivity index (χ3v) is 3.47. The Morgan fingerprint density at radius 2 is 1.23 bits per heavy atom. The number of amides is 2. The first-order chi connectivity index (χ1) is 10.7. The maximum absolute atomic E-state index is 11.7. The van der Waals surface area contributed by atoms with Crippen LogP contribution in [-0.2, 0) is 22.7 Å². The van der Waals surface area contributed by atoms with Crippen molar-refractivity contribution in [3.63, 3.8) is 0 Å². The van der Waals surface area contributed by atoms with E-state index >= 15 is 0 Å². The van der Waals surface area contributed by atoms with Gasteiger partial charge in [0.25, 0.3) is 0 Å². The molecule has 2 bridgehead atoms. The summed E-state index contributed by atoms with van der Waals surface area (Å²) >= 11 is 0. The molecular weight excluding hydrogens is 280 g/mol. The summed E-state index contributed by atoms with van der Waals surface area (Å²) in [6.07, 6.45) is 1.72.